The van der Waals surface area contributed by atoms with Crippen LogP contribution in [0.2, 0.25) is 0 Å². The molecule has 0 saturated carbocycles. The van der Waals surface area contributed by atoms with Crippen LogP contribution < -0.4 is 68.9 Å². The summed E-state index contributed by atoms with van der Waals surface area (Å²) < 4.78 is 24.8. The molecule has 1 atom stereocenters. The quantitative estimate of drug-likeness (QED) is 0.0490. The van der Waals surface area contributed by atoms with Crippen molar-refractivity contribution in [3.8, 4) is 59.7 Å². The van der Waals surface area contributed by atoms with Crippen LogP contribution in [0.3, 0.4) is 0 Å². The third kappa shape index (κ3) is 35.2. The predicted octanol–water partition coefficient (Wildman–Crippen LogP) is -1.42. The Labute approximate surface area is 297 Å². The summed E-state index contributed by atoms with van der Waals surface area (Å²) in [5.74, 6) is 18.6. The van der Waals surface area contributed by atoms with E-state index in [1.807, 2.05) is 0 Å². The summed E-state index contributed by atoms with van der Waals surface area (Å²) in [5.41, 5.74) is 0. The molecule has 0 aromatic rings. The molecule has 0 radical (unpaired) electrons. The normalized spacial score (nSPS) is 9.59. The number of hydrogen-bond acceptors (Lipinski definition) is 8. The van der Waals surface area contributed by atoms with Gasteiger partial charge in [0, 0.05) is 25.2 Å². The molecule has 0 heterocycles. The molecule has 0 N–H and O–H groups in total. The predicted molar refractivity (Wildman–Crippen MR) is 160 cm³/mol. The number of terminal acetylenes is 1. The minimum atomic E-state index is -5.30. The third-order valence-electron chi connectivity index (χ3n) is 4.46. The van der Waals surface area contributed by atoms with Gasteiger partial charge >= 0.3 is 71.1 Å². The average Bonchev–Trinajstić information content (AvgIpc) is 2.83. The zero-order chi connectivity index (χ0) is 26.9. The van der Waals surface area contributed by atoms with E-state index in [9.17, 15) is 23.9 Å². The first-order valence-electron chi connectivity index (χ1n) is 11.8. The van der Waals surface area contributed by atoms with E-state index in [-0.39, 0.29) is 91.9 Å². The number of esters is 2. The van der Waals surface area contributed by atoms with Crippen molar-refractivity contribution in [2.45, 2.75) is 83.7 Å². The molecule has 0 aliphatic heterocycles. The van der Waals surface area contributed by atoms with Crippen molar-refractivity contribution in [2.75, 3.05) is 13.2 Å². The summed E-state index contributed by atoms with van der Waals surface area (Å²) in [5, 5.41) is 0. The summed E-state index contributed by atoms with van der Waals surface area (Å²) in [7, 11) is -5.30. The summed E-state index contributed by atoms with van der Waals surface area (Å²) >= 11 is 0. The van der Waals surface area contributed by atoms with E-state index >= 15 is 0 Å². The number of carbonyl (C=O) groups is 2. The van der Waals surface area contributed by atoms with E-state index in [1.165, 1.54) is 38.5 Å². The summed E-state index contributed by atoms with van der Waals surface area (Å²) in [4.78, 5) is 45.3. The number of ether oxygens (including phenoxy) is 2. The van der Waals surface area contributed by atoms with Crippen LogP contribution >= 0.6 is 21.3 Å². The van der Waals surface area contributed by atoms with E-state index in [4.69, 9.17) is 15.9 Å². The molecule has 0 spiro atoms. The number of phosphoric ester groups is 1. The second-order valence-electron chi connectivity index (χ2n) is 7.53. The van der Waals surface area contributed by atoms with Crippen LogP contribution in [0.5, 0.6) is 0 Å². The summed E-state index contributed by atoms with van der Waals surface area (Å²) in [6, 6.07) is 0. The Bertz CT molecular complexity index is 1060. The molecule has 12 heteroatoms. The Hall–Kier alpha value is -0.800. The number of phosphoric acid groups is 1. The molecule has 0 fully saturated rings. The largest absolute Gasteiger partial charge is 1.00 e. The first-order chi connectivity index (χ1) is 17.3. The van der Waals surface area contributed by atoms with Crippen LogP contribution in [0.1, 0.15) is 90.4 Å². The van der Waals surface area contributed by atoms with Crippen LogP contribution in [0, 0.1) is 59.7 Å². The second-order valence-corrected chi connectivity index (χ2v) is 8.68. The smallest absolute Gasteiger partial charge is 0.790 e. The molecule has 0 aliphatic carbocycles. The van der Waals surface area contributed by atoms with E-state index in [0.717, 1.165) is 19.3 Å². The Balaban J connectivity index is -0.0000000928. The Morgan fingerprint density at radius 1 is 0.821 bits per heavy atom. The monoisotopic (exact) mass is 612 g/mol. The van der Waals surface area contributed by atoms with E-state index in [1.54, 1.807) is 0 Å². The molecule has 220 valence electrons. The van der Waals surface area contributed by atoms with Crippen molar-refractivity contribution in [2.24, 2.45) is 0 Å². The molecule has 0 bridgehead atoms. The fourth-order valence-electron chi connectivity index (χ4n) is 2.77. The van der Waals surface area contributed by atoms with Gasteiger partial charge < -0.3 is 28.3 Å². The molecular formula is C27H51Na2O8PS. The van der Waals surface area contributed by atoms with Crippen molar-refractivity contribution in [1.82, 2.24) is 0 Å². The van der Waals surface area contributed by atoms with Gasteiger partial charge in [0.2, 0.25) is 0 Å². The van der Waals surface area contributed by atoms with Crippen molar-refractivity contribution < 1.29 is 110 Å². The molecular weight excluding hydrogens is 561 g/mol. The molecule has 8 nitrogen and oxygen atoms in total. The zero-order valence-corrected chi connectivity index (χ0v) is 29.0. The van der Waals surface area contributed by atoms with Crippen molar-refractivity contribution in [1.29, 1.82) is 0 Å². The van der Waals surface area contributed by atoms with Crippen LogP contribution in [0.4, 0.5) is 0 Å². The summed E-state index contributed by atoms with van der Waals surface area (Å²) in [6.45, 7) is 0.861. The van der Waals surface area contributed by atoms with Crippen LogP contribution in [-0.4, -0.2) is 31.3 Å². The Morgan fingerprint density at radius 3 is 1.82 bits per heavy atom. The Kier molecular flexibility index (Phi) is 36.8. The average molecular weight is 613 g/mol. The first kappa shape index (κ1) is 45.2. The van der Waals surface area contributed by atoms with Crippen molar-refractivity contribution in [3.63, 3.8) is 0 Å². The van der Waals surface area contributed by atoms with Gasteiger partial charge in [-0.3, -0.25) is 4.79 Å². The van der Waals surface area contributed by atoms with Gasteiger partial charge in [-0.2, -0.15) is 13.5 Å². The molecule has 0 saturated heterocycles. The topological polar surface area (TPSA) is 125 Å². The first-order valence-corrected chi connectivity index (χ1v) is 13.2. The fraction of sp³-hybridized carbons (Fsp3) is 0.556. The van der Waals surface area contributed by atoms with Crippen LogP contribution in [0.25, 0.3) is 0 Å². The minimum absolute atomic E-state index is 0. The standard InChI is InChI=1S/C27H33O8P.2Na.H2S.9H2/c1-3-5-7-9-11-13-14-16-18-20-22-27(29)35-25(24-34-36(30,31)32)23-33-26(28)21-19-17-15-12-10-8-6-4-2;;;;;;;;;;;;/h2,25H,3,5,7,9,11,13-14,16,18,20,22-24H2,1H3,(H2,30,31,32);;;1H2;9*1H/q;2*+1;;;;;;;;;;/p-2/t25-;;;;;;;;;;;;/m1............/s1. The SMILES string of the molecule is C#CC#CC#CC#CC#CC(=O)OC[C@H](COP(=O)([O-])[O-])OC(=O)CCCCCCCCCCCC.S.[HH].[HH].[HH].[HH].[HH].[HH].[HH].[HH].[HH].[Na+].[Na+]. The molecule has 0 aliphatic rings. The van der Waals surface area contributed by atoms with Gasteiger partial charge in [-0.05, 0) is 53.8 Å². The molecule has 0 amide bonds. The fourth-order valence-corrected chi connectivity index (χ4v) is 3.12. The zero-order valence-electron chi connectivity index (χ0n) is 23.1. The number of carbonyl (C=O) groups excluding carboxylic acids is 2. The van der Waals surface area contributed by atoms with Gasteiger partial charge in [0.15, 0.2) is 6.10 Å². The maximum atomic E-state index is 12.1. The van der Waals surface area contributed by atoms with Gasteiger partial charge in [-0.25, -0.2) is 4.79 Å². The van der Waals surface area contributed by atoms with Crippen molar-refractivity contribution in [3.05, 3.63) is 0 Å². The molecule has 0 rings (SSSR count). The second kappa shape index (κ2) is 31.7. The maximum Gasteiger partial charge on any atom is 1.00 e. The number of rotatable bonds is 17. The number of unbranched alkanes of at least 4 members (excludes halogenated alkanes) is 9. The van der Waals surface area contributed by atoms with Gasteiger partial charge in [0.05, 0.1) is 14.4 Å². The molecule has 0 aromatic heterocycles. The van der Waals surface area contributed by atoms with Crippen LogP contribution in [-0.2, 0) is 28.2 Å². The van der Waals surface area contributed by atoms with Gasteiger partial charge in [0.25, 0.3) is 0 Å². The van der Waals surface area contributed by atoms with E-state index in [0.29, 0.717) is 6.42 Å². The third-order valence-corrected chi connectivity index (χ3v) is 4.93. The van der Waals surface area contributed by atoms with E-state index < -0.39 is 39.1 Å². The molecule has 0 unspecified atom stereocenters. The number of hydrogen-bond donors (Lipinski definition) is 0. The van der Waals surface area contributed by atoms with E-state index in [2.05, 4.69) is 64.7 Å². The van der Waals surface area contributed by atoms with Gasteiger partial charge in [-0.15, -0.1) is 6.42 Å². The molecule has 39 heavy (non-hydrogen) atoms. The van der Waals surface area contributed by atoms with Gasteiger partial charge in [-0.1, -0.05) is 64.7 Å². The maximum absolute atomic E-state index is 12.1. The minimum Gasteiger partial charge on any atom is -0.790 e. The Morgan fingerprint density at radius 2 is 1.31 bits per heavy atom. The molecule has 0 aromatic carbocycles. The van der Waals surface area contributed by atoms with Crippen molar-refractivity contribution >= 4 is 33.3 Å². The van der Waals surface area contributed by atoms with Crippen LogP contribution in [0.15, 0.2) is 0 Å². The van der Waals surface area contributed by atoms with Gasteiger partial charge in [0.1, 0.15) is 6.61 Å². The summed E-state index contributed by atoms with van der Waals surface area (Å²) in [6.07, 6.45) is 14.7.